The molecule has 0 aliphatic heterocycles. The molecule has 6 heteroatoms. The van der Waals surface area contributed by atoms with Gasteiger partial charge in [-0.1, -0.05) is 35.9 Å². The average Bonchev–Trinajstić information content (AvgIpc) is 2.59. The molecular formula is C20H23NO4S. The number of fused-ring (bicyclic) bond motifs is 1. The third-order valence-corrected chi connectivity index (χ3v) is 6.38. The van der Waals surface area contributed by atoms with Crippen molar-refractivity contribution in [2.45, 2.75) is 50.0 Å². The molecule has 1 unspecified atom stereocenters. The smallest absolute Gasteiger partial charge is 0.303 e. The van der Waals surface area contributed by atoms with Crippen LogP contribution in [-0.4, -0.2) is 25.5 Å². The van der Waals surface area contributed by atoms with Crippen LogP contribution in [-0.2, 0) is 34.1 Å². The molecule has 3 rings (SSSR count). The topological polar surface area (TPSA) is 83.5 Å². The fourth-order valence-electron chi connectivity index (χ4n) is 3.47. The zero-order valence-corrected chi connectivity index (χ0v) is 15.6. The van der Waals surface area contributed by atoms with Gasteiger partial charge in [-0.25, -0.2) is 13.1 Å². The lowest BCUT2D eigenvalue weighted by atomic mass is 9.85. The monoisotopic (exact) mass is 373 g/mol. The van der Waals surface area contributed by atoms with Crippen LogP contribution in [0.2, 0.25) is 0 Å². The molecule has 26 heavy (non-hydrogen) atoms. The zero-order valence-electron chi connectivity index (χ0n) is 14.7. The second-order valence-electron chi connectivity index (χ2n) is 6.82. The molecule has 2 N–H and O–H groups in total. The van der Waals surface area contributed by atoms with Crippen LogP contribution in [0.1, 0.15) is 35.1 Å². The van der Waals surface area contributed by atoms with Crippen molar-refractivity contribution in [2.24, 2.45) is 0 Å². The molecule has 1 aliphatic carbocycles. The van der Waals surface area contributed by atoms with Crippen LogP contribution in [0, 0.1) is 6.92 Å². The highest BCUT2D eigenvalue weighted by Gasteiger charge is 2.25. The van der Waals surface area contributed by atoms with Gasteiger partial charge in [0.2, 0.25) is 10.0 Å². The molecule has 0 radical (unpaired) electrons. The van der Waals surface area contributed by atoms with Gasteiger partial charge in [0.05, 0.1) is 4.90 Å². The predicted molar refractivity (Wildman–Crippen MR) is 99.7 cm³/mol. The minimum absolute atomic E-state index is 0.111. The predicted octanol–water partition coefficient (Wildman–Crippen LogP) is 2.85. The number of benzene rings is 2. The first-order valence-electron chi connectivity index (χ1n) is 8.75. The van der Waals surface area contributed by atoms with Gasteiger partial charge >= 0.3 is 5.97 Å². The van der Waals surface area contributed by atoms with E-state index in [1.807, 2.05) is 25.1 Å². The number of nitrogens with one attached hydrogen (secondary N) is 1. The summed E-state index contributed by atoms with van der Waals surface area (Å²) in [5, 5.41) is 8.90. The van der Waals surface area contributed by atoms with Gasteiger partial charge in [0, 0.05) is 12.5 Å². The highest BCUT2D eigenvalue weighted by atomic mass is 32.2. The van der Waals surface area contributed by atoms with Crippen LogP contribution in [0.3, 0.4) is 0 Å². The lowest BCUT2D eigenvalue weighted by Gasteiger charge is -2.27. The second kappa shape index (κ2) is 7.60. The first-order valence-corrected chi connectivity index (χ1v) is 10.2. The number of hydrogen-bond donors (Lipinski definition) is 2. The Balaban J connectivity index is 1.73. The van der Waals surface area contributed by atoms with Gasteiger partial charge in [-0.3, -0.25) is 4.79 Å². The number of aryl methyl sites for hydroxylation is 2. The molecule has 0 spiro atoms. The summed E-state index contributed by atoms with van der Waals surface area (Å²) in [7, 11) is -3.54. The quantitative estimate of drug-likeness (QED) is 0.816. The molecule has 0 saturated heterocycles. The largest absolute Gasteiger partial charge is 0.481 e. The SMILES string of the molecule is Cc1ccc(S(=O)(=O)NC2CCc3c(CCC(=O)O)cccc3C2)cc1. The Morgan fingerprint density at radius 1 is 1.19 bits per heavy atom. The van der Waals surface area contributed by atoms with E-state index in [4.69, 9.17) is 5.11 Å². The summed E-state index contributed by atoms with van der Waals surface area (Å²) in [4.78, 5) is 11.1. The van der Waals surface area contributed by atoms with Crippen LogP contribution >= 0.6 is 0 Å². The van der Waals surface area contributed by atoms with E-state index in [0.29, 0.717) is 19.3 Å². The van der Waals surface area contributed by atoms with E-state index >= 15 is 0 Å². The van der Waals surface area contributed by atoms with Crippen molar-refractivity contribution in [1.82, 2.24) is 4.72 Å². The molecule has 0 heterocycles. The van der Waals surface area contributed by atoms with Gasteiger partial charge in [-0.15, -0.1) is 0 Å². The van der Waals surface area contributed by atoms with Crippen molar-refractivity contribution in [1.29, 1.82) is 0 Å². The number of carboxylic acid groups (broad SMARTS) is 1. The summed E-state index contributed by atoms with van der Waals surface area (Å²) < 4.78 is 28.0. The lowest BCUT2D eigenvalue weighted by Crippen LogP contribution is -2.39. The fraction of sp³-hybridized carbons (Fsp3) is 0.350. The van der Waals surface area contributed by atoms with E-state index in [9.17, 15) is 13.2 Å². The average molecular weight is 373 g/mol. The Hall–Kier alpha value is -2.18. The molecule has 0 saturated carbocycles. The van der Waals surface area contributed by atoms with Gasteiger partial charge in [0.15, 0.2) is 0 Å². The van der Waals surface area contributed by atoms with Crippen LogP contribution in [0.4, 0.5) is 0 Å². The number of carbonyl (C=O) groups is 1. The van der Waals surface area contributed by atoms with E-state index in [2.05, 4.69) is 4.72 Å². The lowest BCUT2D eigenvalue weighted by molar-refractivity contribution is -0.136. The third kappa shape index (κ3) is 4.31. The highest BCUT2D eigenvalue weighted by molar-refractivity contribution is 7.89. The zero-order chi connectivity index (χ0) is 18.7. The fourth-order valence-corrected chi connectivity index (χ4v) is 4.74. The first kappa shape index (κ1) is 18.6. The maximum absolute atomic E-state index is 12.6. The minimum Gasteiger partial charge on any atom is -0.481 e. The molecule has 1 atom stereocenters. The Labute approximate surface area is 154 Å². The van der Waals surface area contributed by atoms with Crippen LogP contribution < -0.4 is 4.72 Å². The van der Waals surface area contributed by atoms with Crippen molar-refractivity contribution in [3.8, 4) is 0 Å². The molecule has 0 aromatic heterocycles. The highest BCUT2D eigenvalue weighted by Crippen LogP contribution is 2.26. The molecule has 1 aliphatic rings. The molecule has 0 amide bonds. The van der Waals surface area contributed by atoms with Gasteiger partial charge in [0.25, 0.3) is 0 Å². The summed E-state index contributed by atoms with van der Waals surface area (Å²) in [6.45, 7) is 1.92. The summed E-state index contributed by atoms with van der Waals surface area (Å²) in [5.41, 5.74) is 4.37. The number of carboxylic acids is 1. The second-order valence-corrected chi connectivity index (χ2v) is 8.54. The molecule has 2 aromatic rings. The van der Waals surface area contributed by atoms with Crippen molar-refractivity contribution < 1.29 is 18.3 Å². The Kier molecular flexibility index (Phi) is 5.44. The van der Waals surface area contributed by atoms with E-state index < -0.39 is 16.0 Å². The normalized spacial score (nSPS) is 16.9. The Morgan fingerprint density at radius 3 is 2.62 bits per heavy atom. The summed E-state index contributed by atoms with van der Waals surface area (Å²) in [5.74, 6) is -0.804. The van der Waals surface area contributed by atoms with Gasteiger partial charge in [-0.2, -0.15) is 0 Å². The number of hydrogen-bond acceptors (Lipinski definition) is 3. The van der Waals surface area contributed by atoms with Crippen LogP contribution in [0.15, 0.2) is 47.4 Å². The van der Waals surface area contributed by atoms with Gasteiger partial charge < -0.3 is 5.11 Å². The van der Waals surface area contributed by atoms with E-state index in [0.717, 1.165) is 23.1 Å². The molecule has 0 bridgehead atoms. The molecule has 0 fully saturated rings. The molecule has 138 valence electrons. The number of sulfonamides is 1. The molecule has 5 nitrogen and oxygen atoms in total. The van der Waals surface area contributed by atoms with Gasteiger partial charge in [-0.05, 0) is 61.4 Å². The Morgan fingerprint density at radius 2 is 1.92 bits per heavy atom. The summed E-state index contributed by atoms with van der Waals surface area (Å²) in [6, 6.07) is 12.6. The maximum Gasteiger partial charge on any atom is 0.303 e. The van der Waals surface area contributed by atoms with Gasteiger partial charge in [0.1, 0.15) is 0 Å². The summed E-state index contributed by atoms with van der Waals surface area (Å²) >= 11 is 0. The Bertz CT molecular complexity index is 904. The third-order valence-electron chi connectivity index (χ3n) is 4.84. The van der Waals surface area contributed by atoms with E-state index in [1.165, 1.54) is 5.56 Å². The van der Waals surface area contributed by atoms with Crippen LogP contribution in [0.25, 0.3) is 0 Å². The number of aliphatic carboxylic acids is 1. The van der Waals surface area contributed by atoms with E-state index in [1.54, 1.807) is 24.3 Å². The molecule has 2 aromatic carbocycles. The van der Waals surface area contributed by atoms with E-state index in [-0.39, 0.29) is 17.4 Å². The van der Waals surface area contributed by atoms with Crippen molar-refractivity contribution in [2.75, 3.05) is 0 Å². The summed E-state index contributed by atoms with van der Waals surface area (Å²) in [6.07, 6.45) is 2.72. The van der Waals surface area contributed by atoms with Crippen molar-refractivity contribution in [3.63, 3.8) is 0 Å². The van der Waals surface area contributed by atoms with Crippen molar-refractivity contribution in [3.05, 3.63) is 64.7 Å². The minimum atomic E-state index is -3.54. The van der Waals surface area contributed by atoms with Crippen molar-refractivity contribution >= 4 is 16.0 Å². The maximum atomic E-state index is 12.6. The standard InChI is InChI=1S/C20H23NO4S/c1-14-5-9-18(10-6-14)26(24,25)21-17-8-11-19-15(7-12-20(22)23)3-2-4-16(19)13-17/h2-6,9-10,17,21H,7-8,11-13H2,1H3,(H,22,23). The first-order chi connectivity index (χ1) is 12.3. The number of rotatable bonds is 6. The van der Waals surface area contributed by atoms with Crippen LogP contribution in [0.5, 0.6) is 0 Å². The molecular weight excluding hydrogens is 350 g/mol.